The van der Waals surface area contributed by atoms with Crippen LogP contribution in [0, 0.1) is 11.3 Å². The van der Waals surface area contributed by atoms with E-state index in [1.807, 2.05) is 6.92 Å². The lowest BCUT2D eigenvalue weighted by Crippen LogP contribution is -2.27. The Morgan fingerprint density at radius 2 is 2.15 bits per heavy atom. The van der Waals surface area contributed by atoms with Crippen LogP contribution in [0.15, 0.2) is 0 Å². The van der Waals surface area contributed by atoms with Crippen LogP contribution in [-0.2, 0) is 14.3 Å². The summed E-state index contributed by atoms with van der Waals surface area (Å²) in [5.74, 6) is -0.376. The van der Waals surface area contributed by atoms with E-state index in [0.717, 1.165) is 6.42 Å². The Balaban J connectivity index is 2.72. The second-order valence-corrected chi connectivity index (χ2v) is 3.62. The van der Waals surface area contributed by atoms with Crippen molar-refractivity contribution in [3.8, 4) is 0 Å². The molecule has 13 heavy (non-hydrogen) atoms. The van der Waals surface area contributed by atoms with Gasteiger partial charge in [0.25, 0.3) is 0 Å². The van der Waals surface area contributed by atoms with Crippen LogP contribution >= 0.6 is 11.6 Å². The molecule has 1 saturated carbocycles. The first-order chi connectivity index (χ1) is 6.09. The van der Waals surface area contributed by atoms with E-state index in [0.29, 0.717) is 13.0 Å². The van der Waals surface area contributed by atoms with Crippen molar-refractivity contribution in [2.24, 2.45) is 11.3 Å². The van der Waals surface area contributed by atoms with Gasteiger partial charge in [0.05, 0.1) is 6.61 Å². The molecule has 0 aromatic carbocycles. The molecular weight excluding hydrogens is 192 g/mol. The lowest BCUT2D eigenvalue weighted by Gasteiger charge is -2.10. The maximum atomic E-state index is 11.4. The normalized spacial score (nSPS) is 31.2. The van der Waals surface area contributed by atoms with Gasteiger partial charge in [0, 0.05) is 0 Å². The smallest absolute Gasteiger partial charge is 0.321 e. The fraction of sp³-hybridized carbons (Fsp3) is 0.778. The van der Waals surface area contributed by atoms with Gasteiger partial charge in [-0.05, 0) is 30.9 Å². The van der Waals surface area contributed by atoms with Crippen LogP contribution in [0.4, 0.5) is 0 Å². The van der Waals surface area contributed by atoms with Gasteiger partial charge in [-0.15, -0.1) is 0 Å². The van der Waals surface area contributed by atoms with E-state index in [-0.39, 0.29) is 5.92 Å². The summed E-state index contributed by atoms with van der Waals surface area (Å²) in [7, 11) is 0. The predicted octanol–water partition coefficient (Wildman–Crippen LogP) is 1.73. The molecule has 1 rings (SSSR count). The zero-order valence-electron chi connectivity index (χ0n) is 7.80. The van der Waals surface area contributed by atoms with E-state index in [1.54, 1.807) is 6.92 Å². The first kappa shape index (κ1) is 10.5. The molecule has 3 nitrogen and oxygen atoms in total. The zero-order chi connectivity index (χ0) is 10.1. The van der Waals surface area contributed by atoms with Crippen molar-refractivity contribution in [2.75, 3.05) is 6.61 Å². The minimum atomic E-state index is -1.01. The lowest BCUT2D eigenvalue weighted by molar-refractivity contribution is -0.152. The molecule has 0 amide bonds. The molecule has 0 unspecified atom stereocenters. The summed E-state index contributed by atoms with van der Waals surface area (Å²) in [5, 5.41) is -0.571. The third kappa shape index (κ3) is 1.57. The quantitative estimate of drug-likeness (QED) is 0.398. The molecule has 2 atom stereocenters. The van der Waals surface area contributed by atoms with Gasteiger partial charge in [-0.1, -0.05) is 13.3 Å². The molecule has 0 bridgehead atoms. The highest BCUT2D eigenvalue weighted by molar-refractivity contribution is 6.67. The number of halogens is 1. The second-order valence-electron chi connectivity index (χ2n) is 3.27. The van der Waals surface area contributed by atoms with Crippen LogP contribution in [0.1, 0.15) is 26.7 Å². The molecule has 1 aliphatic carbocycles. The predicted molar refractivity (Wildman–Crippen MR) is 48.3 cm³/mol. The molecular formula is C9H13ClO3. The van der Waals surface area contributed by atoms with Crippen molar-refractivity contribution in [2.45, 2.75) is 26.7 Å². The number of rotatable bonds is 4. The van der Waals surface area contributed by atoms with E-state index >= 15 is 0 Å². The first-order valence-electron chi connectivity index (χ1n) is 4.46. The average molecular weight is 205 g/mol. The summed E-state index contributed by atoms with van der Waals surface area (Å²) in [5.41, 5.74) is -1.01. The molecule has 1 fully saturated rings. The Morgan fingerprint density at radius 3 is 2.46 bits per heavy atom. The molecule has 0 N–H and O–H groups in total. The van der Waals surface area contributed by atoms with Gasteiger partial charge in [-0.2, -0.15) is 0 Å². The molecule has 0 heterocycles. The van der Waals surface area contributed by atoms with Crippen LogP contribution in [0.5, 0.6) is 0 Å². The molecule has 0 spiro atoms. The Morgan fingerprint density at radius 1 is 1.54 bits per heavy atom. The van der Waals surface area contributed by atoms with Crippen LogP contribution in [0.2, 0.25) is 0 Å². The van der Waals surface area contributed by atoms with Crippen molar-refractivity contribution in [3.63, 3.8) is 0 Å². The monoisotopic (exact) mass is 204 g/mol. The maximum absolute atomic E-state index is 11.4. The van der Waals surface area contributed by atoms with Crippen LogP contribution in [0.25, 0.3) is 0 Å². The standard InChI is InChI=1S/C9H13ClO3/c1-3-6-5-9(6,7(10)11)8(12)13-4-2/h6H,3-5H2,1-2H3/t6-,9+/m1/s1. The topological polar surface area (TPSA) is 43.4 Å². The molecule has 4 heteroatoms. The third-order valence-electron chi connectivity index (χ3n) is 2.59. The molecule has 0 aromatic heterocycles. The number of ether oxygens (including phenoxy) is 1. The number of carbonyl (C=O) groups is 2. The van der Waals surface area contributed by atoms with Gasteiger partial charge >= 0.3 is 5.97 Å². The van der Waals surface area contributed by atoms with Crippen LogP contribution in [0.3, 0.4) is 0 Å². The van der Waals surface area contributed by atoms with Gasteiger partial charge < -0.3 is 4.74 Å². The van der Waals surface area contributed by atoms with Gasteiger partial charge in [0.15, 0.2) is 0 Å². The minimum absolute atomic E-state index is 0.0801. The van der Waals surface area contributed by atoms with E-state index < -0.39 is 16.6 Å². The fourth-order valence-corrected chi connectivity index (χ4v) is 1.96. The number of hydrogen-bond donors (Lipinski definition) is 0. The first-order valence-corrected chi connectivity index (χ1v) is 4.84. The highest BCUT2D eigenvalue weighted by atomic mass is 35.5. The summed E-state index contributed by atoms with van der Waals surface area (Å²) >= 11 is 5.40. The highest BCUT2D eigenvalue weighted by Crippen LogP contribution is 2.56. The fourth-order valence-electron chi connectivity index (χ4n) is 1.65. The molecule has 0 saturated heterocycles. The number of esters is 1. The van der Waals surface area contributed by atoms with E-state index in [2.05, 4.69) is 0 Å². The van der Waals surface area contributed by atoms with E-state index in [1.165, 1.54) is 0 Å². The molecule has 1 aliphatic rings. The van der Waals surface area contributed by atoms with Gasteiger partial charge in [-0.3, -0.25) is 9.59 Å². The molecule has 0 aromatic rings. The highest BCUT2D eigenvalue weighted by Gasteiger charge is 2.65. The number of carbonyl (C=O) groups excluding carboxylic acids is 2. The van der Waals surface area contributed by atoms with Crippen molar-refractivity contribution in [1.29, 1.82) is 0 Å². The Labute approximate surface area is 82.4 Å². The summed E-state index contributed by atoms with van der Waals surface area (Å²) in [6, 6.07) is 0. The van der Waals surface area contributed by atoms with E-state index in [4.69, 9.17) is 16.3 Å². The Hall–Kier alpha value is -0.570. The van der Waals surface area contributed by atoms with Gasteiger partial charge in [-0.25, -0.2) is 0 Å². The molecule has 0 radical (unpaired) electrons. The largest absolute Gasteiger partial charge is 0.465 e. The average Bonchev–Trinajstić information content (AvgIpc) is 2.79. The molecule has 0 aliphatic heterocycles. The van der Waals surface area contributed by atoms with Gasteiger partial charge in [0.2, 0.25) is 5.24 Å². The summed E-state index contributed by atoms with van der Waals surface area (Å²) in [4.78, 5) is 22.5. The van der Waals surface area contributed by atoms with Crippen molar-refractivity contribution < 1.29 is 14.3 Å². The zero-order valence-corrected chi connectivity index (χ0v) is 8.56. The minimum Gasteiger partial charge on any atom is -0.465 e. The third-order valence-corrected chi connectivity index (χ3v) is 2.93. The number of hydrogen-bond acceptors (Lipinski definition) is 3. The van der Waals surface area contributed by atoms with Crippen molar-refractivity contribution in [1.82, 2.24) is 0 Å². The summed E-state index contributed by atoms with van der Waals surface area (Å²) in [6.07, 6.45) is 1.34. The summed E-state index contributed by atoms with van der Waals surface area (Å²) < 4.78 is 4.82. The van der Waals surface area contributed by atoms with Crippen LogP contribution in [-0.4, -0.2) is 17.8 Å². The van der Waals surface area contributed by atoms with Crippen molar-refractivity contribution in [3.05, 3.63) is 0 Å². The van der Waals surface area contributed by atoms with Crippen LogP contribution < -0.4 is 0 Å². The summed E-state index contributed by atoms with van der Waals surface area (Å²) in [6.45, 7) is 3.94. The van der Waals surface area contributed by atoms with E-state index in [9.17, 15) is 9.59 Å². The maximum Gasteiger partial charge on any atom is 0.321 e. The Bertz CT molecular complexity index is 239. The lowest BCUT2D eigenvalue weighted by atomic mass is 10.1. The molecule has 74 valence electrons. The van der Waals surface area contributed by atoms with Gasteiger partial charge in [0.1, 0.15) is 5.41 Å². The Kier molecular flexibility index (Phi) is 2.96. The van der Waals surface area contributed by atoms with Crippen molar-refractivity contribution >= 4 is 22.8 Å². The SMILES string of the molecule is CCOC(=O)[C@@]1(C(=O)Cl)C[C@H]1CC. The second kappa shape index (κ2) is 3.66.